The normalized spacial score (nSPS) is 19.2. The molecule has 3 N–H and O–H groups in total. The minimum absolute atomic E-state index is 0. The lowest BCUT2D eigenvalue weighted by molar-refractivity contribution is -0.148. The van der Waals surface area contributed by atoms with Gasteiger partial charge in [0.2, 0.25) is 5.91 Å². The van der Waals surface area contributed by atoms with Gasteiger partial charge in [0.05, 0.1) is 13.1 Å². The molecule has 29 heavy (non-hydrogen) atoms. The number of rotatable bonds is 8. The number of hydrogen-bond donors (Lipinski definition) is 3. The molecule has 2 saturated heterocycles. The monoisotopic (exact) mass is 534 g/mol. The summed E-state index contributed by atoms with van der Waals surface area (Å²) in [5.74, 6) is 0.733. The molecule has 0 saturated carbocycles. The van der Waals surface area contributed by atoms with Crippen molar-refractivity contribution >= 4 is 41.9 Å². The number of aliphatic imine (C=N–C) groups is 1. The fourth-order valence-electron chi connectivity index (χ4n) is 3.36. The van der Waals surface area contributed by atoms with Crippen molar-refractivity contribution in [1.29, 1.82) is 0 Å². The quantitative estimate of drug-likeness (QED) is 0.190. The van der Waals surface area contributed by atoms with Gasteiger partial charge in [0, 0.05) is 26.2 Å². The van der Waals surface area contributed by atoms with Gasteiger partial charge < -0.3 is 16.0 Å². The van der Waals surface area contributed by atoms with Crippen molar-refractivity contribution in [3.05, 3.63) is 0 Å². The summed E-state index contributed by atoms with van der Waals surface area (Å²) in [5.41, 5.74) is 0. The Bertz CT molecular complexity index is 552. The third-order valence-corrected chi connectivity index (χ3v) is 4.83. The molecule has 3 amide bonds. The lowest BCUT2D eigenvalue weighted by Gasteiger charge is -2.32. The Morgan fingerprint density at radius 2 is 1.93 bits per heavy atom. The van der Waals surface area contributed by atoms with Crippen LogP contribution in [0.25, 0.3) is 0 Å². The van der Waals surface area contributed by atoms with E-state index < -0.39 is 12.7 Å². The zero-order valence-electron chi connectivity index (χ0n) is 16.6. The molecule has 0 spiro atoms. The molecule has 2 aliphatic heterocycles. The summed E-state index contributed by atoms with van der Waals surface area (Å²) in [6.07, 6.45) is -1.81. The van der Waals surface area contributed by atoms with Gasteiger partial charge >= 0.3 is 12.2 Å². The van der Waals surface area contributed by atoms with Crippen LogP contribution in [0.2, 0.25) is 0 Å². The highest BCUT2D eigenvalue weighted by Gasteiger charge is 2.32. The van der Waals surface area contributed by atoms with E-state index in [1.807, 2.05) is 6.92 Å². The van der Waals surface area contributed by atoms with Crippen LogP contribution in [0.3, 0.4) is 0 Å². The Labute approximate surface area is 186 Å². The Morgan fingerprint density at radius 3 is 2.48 bits per heavy atom. The van der Waals surface area contributed by atoms with E-state index >= 15 is 0 Å². The first-order valence-electron chi connectivity index (χ1n) is 9.68. The summed E-state index contributed by atoms with van der Waals surface area (Å²) in [4.78, 5) is 30.1. The highest BCUT2D eigenvalue weighted by molar-refractivity contribution is 14.0. The Kier molecular flexibility index (Phi) is 11.0. The summed E-state index contributed by atoms with van der Waals surface area (Å²) in [6, 6.07) is -0.384. The van der Waals surface area contributed by atoms with Gasteiger partial charge in [0.15, 0.2) is 5.96 Å². The SMILES string of the molecule is CCNC(=NCCC1CCN(CC(F)(F)F)CC1)NCCN1C(=O)CNC1=O.I. The number of carbonyl (C=O) groups is 2. The lowest BCUT2D eigenvalue weighted by atomic mass is 9.93. The number of nitrogens with zero attached hydrogens (tertiary/aromatic N) is 3. The predicted octanol–water partition coefficient (Wildman–Crippen LogP) is 1.38. The van der Waals surface area contributed by atoms with E-state index in [0.29, 0.717) is 44.6 Å². The first-order valence-corrected chi connectivity index (χ1v) is 9.68. The molecule has 168 valence electrons. The molecule has 0 atom stereocenters. The first kappa shape index (κ1) is 25.7. The van der Waals surface area contributed by atoms with Crippen molar-refractivity contribution in [3.63, 3.8) is 0 Å². The summed E-state index contributed by atoms with van der Waals surface area (Å²) in [5, 5.41) is 8.66. The molecule has 0 radical (unpaired) electrons. The molecule has 0 aliphatic carbocycles. The third kappa shape index (κ3) is 9.36. The number of carbonyl (C=O) groups excluding carboxylic acids is 2. The molecule has 2 aliphatic rings. The van der Waals surface area contributed by atoms with Crippen LogP contribution < -0.4 is 16.0 Å². The van der Waals surface area contributed by atoms with E-state index in [2.05, 4.69) is 20.9 Å². The molecule has 0 aromatic carbocycles. The van der Waals surface area contributed by atoms with Gasteiger partial charge in [-0.3, -0.25) is 19.6 Å². The minimum Gasteiger partial charge on any atom is -0.357 e. The van der Waals surface area contributed by atoms with Gasteiger partial charge in [-0.1, -0.05) is 0 Å². The van der Waals surface area contributed by atoms with E-state index in [1.54, 1.807) is 0 Å². The van der Waals surface area contributed by atoms with E-state index in [4.69, 9.17) is 0 Å². The lowest BCUT2D eigenvalue weighted by Crippen LogP contribution is -2.43. The van der Waals surface area contributed by atoms with E-state index in [-0.39, 0.29) is 49.0 Å². The maximum absolute atomic E-state index is 12.4. The first-order chi connectivity index (χ1) is 13.3. The second kappa shape index (κ2) is 12.4. The van der Waals surface area contributed by atoms with Gasteiger partial charge in [-0.05, 0) is 45.2 Å². The molecule has 2 fully saturated rings. The number of likely N-dealkylation sites (tertiary alicyclic amines) is 1. The second-order valence-corrected chi connectivity index (χ2v) is 7.01. The topological polar surface area (TPSA) is 89.1 Å². The predicted molar refractivity (Wildman–Crippen MR) is 114 cm³/mol. The summed E-state index contributed by atoms with van der Waals surface area (Å²) in [6.45, 7) is 3.97. The number of urea groups is 1. The average molecular weight is 534 g/mol. The Hall–Kier alpha value is -1.31. The van der Waals surface area contributed by atoms with Gasteiger partial charge in [-0.25, -0.2) is 4.79 Å². The van der Waals surface area contributed by atoms with Crippen LogP contribution in [0.1, 0.15) is 26.2 Å². The molecule has 0 aromatic rings. The Morgan fingerprint density at radius 1 is 1.24 bits per heavy atom. The summed E-state index contributed by atoms with van der Waals surface area (Å²) < 4.78 is 37.3. The van der Waals surface area contributed by atoms with Crippen LogP contribution in [-0.4, -0.2) is 86.2 Å². The van der Waals surface area contributed by atoms with Gasteiger partial charge in [-0.2, -0.15) is 13.2 Å². The summed E-state index contributed by atoms with van der Waals surface area (Å²) >= 11 is 0. The Balaban J connectivity index is 0.00000420. The number of hydrogen-bond acceptors (Lipinski definition) is 4. The molecular formula is C17H30F3IN6O2. The third-order valence-electron chi connectivity index (χ3n) is 4.83. The van der Waals surface area contributed by atoms with Crippen molar-refractivity contribution in [2.75, 3.05) is 52.4 Å². The number of amides is 3. The van der Waals surface area contributed by atoms with Crippen LogP contribution in [0, 0.1) is 5.92 Å². The summed E-state index contributed by atoms with van der Waals surface area (Å²) in [7, 11) is 0. The van der Waals surface area contributed by atoms with Crippen molar-refractivity contribution in [1.82, 2.24) is 25.8 Å². The molecule has 2 rings (SSSR count). The highest BCUT2D eigenvalue weighted by Crippen LogP contribution is 2.24. The van der Waals surface area contributed by atoms with E-state index in [0.717, 1.165) is 24.2 Å². The zero-order valence-corrected chi connectivity index (χ0v) is 18.9. The van der Waals surface area contributed by atoms with Crippen molar-refractivity contribution < 1.29 is 22.8 Å². The standard InChI is InChI=1S/C17H29F3N6O2.HI/c1-2-21-15(23-7-10-26-14(27)11-24-16(26)28)22-6-3-13-4-8-25(9-5-13)12-17(18,19)20;/h13H,2-12H2,1H3,(H,24,28)(H2,21,22,23);1H. The molecule has 0 bridgehead atoms. The van der Waals surface area contributed by atoms with Crippen molar-refractivity contribution in [2.24, 2.45) is 10.9 Å². The minimum atomic E-state index is -4.14. The molecule has 2 heterocycles. The smallest absolute Gasteiger partial charge is 0.357 e. The number of imide groups is 1. The van der Waals surface area contributed by atoms with Crippen molar-refractivity contribution in [2.45, 2.75) is 32.4 Å². The number of alkyl halides is 3. The van der Waals surface area contributed by atoms with Crippen LogP contribution in [0.15, 0.2) is 4.99 Å². The number of nitrogens with one attached hydrogen (secondary N) is 3. The second-order valence-electron chi connectivity index (χ2n) is 7.01. The molecule has 0 aromatic heterocycles. The van der Waals surface area contributed by atoms with Gasteiger partial charge in [0.25, 0.3) is 0 Å². The number of guanidine groups is 1. The molecular weight excluding hydrogens is 504 g/mol. The van der Waals surface area contributed by atoms with Gasteiger partial charge in [0.1, 0.15) is 0 Å². The van der Waals surface area contributed by atoms with Crippen LogP contribution in [0.4, 0.5) is 18.0 Å². The van der Waals surface area contributed by atoms with Crippen LogP contribution in [-0.2, 0) is 4.79 Å². The van der Waals surface area contributed by atoms with Crippen molar-refractivity contribution in [3.8, 4) is 0 Å². The van der Waals surface area contributed by atoms with E-state index in [1.165, 1.54) is 4.90 Å². The molecule has 8 nitrogen and oxygen atoms in total. The van der Waals surface area contributed by atoms with Crippen LogP contribution in [0.5, 0.6) is 0 Å². The molecule has 0 unspecified atom stereocenters. The largest absolute Gasteiger partial charge is 0.401 e. The molecule has 12 heteroatoms. The number of halogens is 4. The maximum Gasteiger partial charge on any atom is 0.401 e. The number of piperidine rings is 1. The van der Waals surface area contributed by atoms with Gasteiger partial charge in [-0.15, -0.1) is 24.0 Å². The van der Waals surface area contributed by atoms with Crippen LogP contribution >= 0.6 is 24.0 Å². The average Bonchev–Trinajstić information content (AvgIpc) is 2.94. The van der Waals surface area contributed by atoms with E-state index in [9.17, 15) is 22.8 Å². The fourth-order valence-corrected chi connectivity index (χ4v) is 3.36. The fraction of sp³-hybridized carbons (Fsp3) is 0.824. The maximum atomic E-state index is 12.4. The highest BCUT2D eigenvalue weighted by atomic mass is 127. The zero-order chi connectivity index (χ0) is 20.6.